The molecule has 3 aromatic rings. The van der Waals surface area contributed by atoms with Crippen LogP contribution in [0.2, 0.25) is 0 Å². The van der Waals surface area contributed by atoms with Gasteiger partial charge in [-0.15, -0.1) is 11.3 Å². The van der Waals surface area contributed by atoms with Crippen LogP contribution in [0.5, 0.6) is 5.75 Å². The Bertz CT molecular complexity index is 924. The lowest BCUT2D eigenvalue weighted by Crippen LogP contribution is -2.24. The average Bonchev–Trinajstić information content (AvgIpc) is 3.16. The van der Waals surface area contributed by atoms with Crippen LogP contribution in [-0.4, -0.2) is 23.0 Å². The van der Waals surface area contributed by atoms with E-state index in [1.54, 1.807) is 36.8 Å². The summed E-state index contributed by atoms with van der Waals surface area (Å²) in [4.78, 5) is 21.5. The SMILES string of the molecule is COc1ccccc1Nc1ncccc1C(=O)NCc1csc(C(C)C)n1. The number of amides is 1. The van der Waals surface area contributed by atoms with E-state index < -0.39 is 0 Å². The van der Waals surface area contributed by atoms with Crippen LogP contribution in [0.15, 0.2) is 48.0 Å². The van der Waals surface area contributed by atoms with Crippen molar-refractivity contribution in [3.05, 3.63) is 64.2 Å². The van der Waals surface area contributed by atoms with Gasteiger partial charge >= 0.3 is 0 Å². The molecule has 2 aromatic heterocycles. The molecule has 0 saturated carbocycles. The van der Waals surface area contributed by atoms with Gasteiger partial charge in [-0.05, 0) is 24.3 Å². The van der Waals surface area contributed by atoms with Crippen LogP contribution in [0.25, 0.3) is 0 Å². The molecular weight excluding hydrogens is 360 g/mol. The van der Waals surface area contributed by atoms with Crippen LogP contribution >= 0.6 is 11.3 Å². The topological polar surface area (TPSA) is 76.1 Å². The minimum atomic E-state index is -0.209. The van der Waals surface area contributed by atoms with Crippen molar-refractivity contribution in [1.29, 1.82) is 0 Å². The van der Waals surface area contributed by atoms with E-state index in [-0.39, 0.29) is 5.91 Å². The molecule has 0 fully saturated rings. The van der Waals surface area contributed by atoms with Crippen LogP contribution in [-0.2, 0) is 6.54 Å². The molecule has 1 aromatic carbocycles. The maximum absolute atomic E-state index is 12.7. The molecule has 0 radical (unpaired) electrons. The van der Waals surface area contributed by atoms with Gasteiger partial charge in [0.15, 0.2) is 0 Å². The standard InChI is InChI=1S/C20H22N4O2S/c1-13(2)20-23-14(12-27-20)11-22-19(25)15-7-6-10-21-18(15)24-16-8-4-5-9-17(16)26-3/h4-10,12-13H,11H2,1-3H3,(H,21,24)(H,22,25). The highest BCUT2D eigenvalue weighted by molar-refractivity contribution is 7.09. The minimum Gasteiger partial charge on any atom is -0.495 e. The molecule has 1 amide bonds. The van der Waals surface area contributed by atoms with Gasteiger partial charge in [-0.1, -0.05) is 26.0 Å². The number of hydrogen-bond donors (Lipinski definition) is 2. The molecule has 0 unspecified atom stereocenters. The number of thiazole rings is 1. The monoisotopic (exact) mass is 382 g/mol. The number of aromatic nitrogens is 2. The van der Waals surface area contributed by atoms with Gasteiger partial charge in [-0.25, -0.2) is 9.97 Å². The summed E-state index contributed by atoms with van der Waals surface area (Å²) in [6.07, 6.45) is 1.64. The van der Waals surface area contributed by atoms with Crippen molar-refractivity contribution in [3.63, 3.8) is 0 Å². The first kappa shape index (κ1) is 18.8. The molecular formula is C20H22N4O2S. The zero-order chi connectivity index (χ0) is 19.2. The molecule has 27 heavy (non-hydrogen) atoms. The second-order valence-electron chi connectivity index (χ2n) is 6.24. The van der Waals surface area contributed by atoms with Gasteiger partial charge in [0.2, 0.25) is 0 Å². The summed E-state index contributed by atoms with van der Waals surface area (Å²) in [6, 6.07) is 11.0. The summed E-state index contributed by atoms with van der Waals surface area (Å²) in [7, 11) is 1.60. The lowest BCUT2D eigenvalue weighted by atomic mass is 10.2. The number of anilines is 2. The van der Waals surface area contributed by atoms with Gasteiger partial charge in [0.05, 0.1) is 35.6 Å². The summed E-state index contributed by atoms with van der Waals surface area (Å²) < 4.78 is 5.35. The number of carbonyl (C=O) groups is 1. The van der Waals surface area contributed by atoms with Crippen molar-refractivity contribution in [3.8, 4) is 5.75 Å². The number of pyridine rings is 1. The molecule has 6 nitrogen and oxygen atoms in total. The fourth-order valence-electron chi connectivity index (χ4n) is 2.50. The lowest BCUT2D eigenvalue weighted by Gasteiger charge is -2.13. The van der Waals surface area contributed by atoms with E-state index >= 15 is 0 Å². The number of methoxy groups -OCH3 is 1. The summed E-state index contributed by atoms with van der Waals surface area (Å²) in [5.41, 5.74) is 2.07. The number of carbonyl (C=O) groups excluding carboxylic acids is 1. The molecule has 7 heteroatoms. The molecule has 2 N–H and O–H groups in total. The Morgan fingerprint density at radius 3 is 2.78 bits per heavy atom. The average molecular weight is 382 g/mol. The van der Waals surface area contributed by atoms with Crippen molar-refractivity contribution in [2.75, 3.05) is 12.4 Å². The molecule has 0 spiro atoms. The second-order valence-corrected chi connectivity index (χ2v) is 7.13. The van der Waals surface area contributed by atoms with E-state index in [9.17, 15) is 4.79 Å². The van der Waals surface area contributed by atoms with Gasteiger partial charge in [-0.2, -0.15) is 0 Å². The van der Waals surface area contributed by atoms with Crippen molar-refractivity contribution in [2.45, 2.75) is 26.3 Å². The van der Waals surface area contributed by atoms with Crippen molar-refractivity contribution in [2.24, 2.45) is 0 Å². The molecule has 0 aliphatic carbocycles. The maximum atomic E-state index is 12.7. The van der Waals surface area contributed by atoms with Crippen LogP contribution in [0, 0.1) is 0 Å². The van der Waals surface area contributed by atoms with E-state index in [1.807, 2.05) is 29.6 Å². The van der Waals surface area contributed by atoms with E-state index in [0.717, 1.165) is 16.4 Å². The Labute approximate surface area is 162 Å². The highest BCUT2D eigenvalue weighted by Gasteiger charge is 2.14. The first-order chi connectivity index (χ1) is 13.1. The molecule has 0 saturated heterocycles. The molecule has 0 aliphatic rings. The number of ether oxygens (including phenoxy) is 1. The largest absolute Gasteiger partial charge is 0.495 e. The third-order valence-corrected chi connectivity index (χ3v) is 5.10. The number of rotatable bonds is 7. The molecule has 140 valence electrons. The van der Waals surface area contributed by atoms with Crippen molar-refractivity contribution >= 4 is 28.7 Å². The highest BCUT2D eigenvalue weighted by atomic mass is 32.1. The Hall–Kier alpha value is -2.93. The summed E-state index contributed by atoms with van der Waals surface area (Å²) in [5.74, 6) is 1.33. The first-order valence-electron chi connectivity index (χ1n) is 8.66. The molecule has 0 atom stereocenters. The normalized spacial score (nSPS) is 10.7. The van der Waals surface area contributed by atoms with E-state index in [1.165, 1.54) is 0 Å². The zero-order valence-corrected chi connectivity index (χ0v) is 16.3. The quantitative estimate of drug-likeness (QED) is 0.635. The first-order valence-corrected chi connectivity index (χ1v) is 9.54. The van der Waals surface area contributed by atoms with Gasteiger partial charge in [0.25, 0.3) is 5.91 Å². The Morgan fingerprint density at radius 1 is 1.22 bits per heavy atom. The number of hydrogen-bond acceptors (Lipinski definition) is 6. The van der Waals surface area contributed by atoms with Gasteiger partial charge < -0.3 is 15.4 Å². The number of para-hydroxylation sites is 2. The summed E-state index contributed by atoms with van der Waals surface area (Å²) >= 11 is 1.61. The zero-order valence-electron chi connectivity index (χ0n) is 15.5. The summed E-state index contributed by atoms with van der Waals surface area (Å²) in [6.45, 7) is 4.59. The lowest BCUT2D eigenvalue weighted by molar-refractivity contribution is 0.0951. The molecule has 0 aliphatic heterocycles. The fourth-order valence-corrected chi connectivity index (χ4v) is 3.33. The predicted molar refractivity (Wildman–Crippen MR) is 108 cm³/mol. The second kappa shape index (κ2) is 8.64. The van der Waals surface area contributed by atoms with E-state index in [0.29, 0.717) is 29.6 Å². The van der Waals surface area contributed by atoms with Crippen LogP contribution in [0.1, 0.15) is 40.8 Å². The van der Waals surface area contributed by atoms with Crippen LogP contribution in [0.4, 0.5) is 11.5 Å². The van der Waals surface area contributed by atoms with E-state index in [2.05, 4.69) is 34.4 Å². The van der Waals surface area contributed by atoms with Crippen LogP contribution < -0.4 is 15.4 Å². The van der Waals surface area contributed by atoms with Gasteiger partial charge in [0, 0.05) is 17.5 Å². The number of benzene rings is 1. The Kier molecular flexibility index (Phi) is 6.03. The highest BCUT2D eigenvalue weighted by Crippen LogP contribution is 2.27. The third kappa shape index (κ3) is 4.62. The van der Waals surface area contributed by atoms with Crippen molar-refractivity contribution < 1.29 is 9.53 Å². The fraction of sp³-hybridized carbons (Fsp3) is 0.250. The third-order valence-electron chi connectivity index (χ3n) is 3.91. The molecule has 0 bridgehead atoms. The summed E-state index contributed by atoms with van der Waals surface area (Å²) in [5, 5.41) is 9.14. The van der Waals surface area contributed by atoms with Crippen molar-refractivity contribution in [1.82, 2.24) is 15.3 Å². The van der Waals surface area contributed by atoms with E-state index in [4.69, 9.17) is 4.74 Å². The molecule has 3 rings (SSSR count). The maximum Gasteiger partial charge on any atom is 0.255 e. The minimum absolute atomic E-state index is 0.209. The number of nitrogens with one attached hydrogen (secondary N) is 2. The van der Waals surface area contributed by atoms with Gasteiger partial charge in [0.1, 0.15) is 11.6 Å². The number of nitrogens with zero attached hydrogens (tertiary/aromatic N) is 2. The smallest absolute Gasteiger partial charge is 0.255 e. The Balaban J connectivity index is 1.73. The van der Waals surface area contributed by atoms with Gasteiger partial charge in [-0.3, -0.25) is 4.79 Å². The van der Waals surface area contributed by atoms with Crippen LogP contribution in [0.3, 0.4) is 0 Å². The molecule has 2 heterocycles. The predicted octanol–water partition coefficient (Wildman–Crippen LogP) is 4.34. The Morgan fingerprint density at radius 2 is 2.04 bits per heavy atom.